The van der Waals surface area contributed by atoms with Crippen molar-refractivity contribution in [1.82, 2.24) is 0 Å². The van der Waals surface area contributed by atoms with E-state index in [-0.39, 0.29) is 14.9 Å². The van der Waals surface area contributed by atoms with Gasteiger partial charge in [-0.15, -0.1) is 11.3 Å². The van der Waals surface area contributed by atoms with E-state index in [0.717, 1.165) is 11.3 Å². The predicted molar refractivity (Wildman–Crippen MR) is 78.1 cm³/mol. The lowest BCUT2D eigenvalue weighted by molar-refractivity contribution is 0.0701. The van der Waals surface area contributed by atoms with E-state index in [2.05, 4.69) is 21.2 Å². The van der Waals surface area contributed by atoms with Crippen molar-refractivity contribution >= 4 is 44.1 Å². The molecule has 0 bridgehead atoms. The van der Waals surface area contributed by atoms with Crippen LogP contribution in [0.4, 0.5) is 9.39 Å². The number of nitrogens with one attached hydrogen (secondary N) is 1. The second-order valence-corrected chi connectivity index (χ2v) is 5.83. The molecular weight excluding hydrogens is 349 g/mol. The quantitative estimate of drug-likeness (QED) is 0.874. The minimum absolute atomic E-state index is 0.0734. The van der Waals surface area contributed by atoms with Crippen LogP contribution in [-0.4, -0.2) is 17.0 Å². The summed E-state index contributed by atoms with van der Waals surface area (Å²) in [4.78, 5) is 23.1. The number of carboxylic acids is 1. The highest BCUT2D eigenvalue weighted by Crippen LogP contribution is 2.28. The summed E-state index contributed by atoms with van der Waals surface area (Å²) in [6.07, 6.45) is 0. The molecule has 0 saturated heterocycles. The summed E-state index contributed by atoms with van der Waals surface area (Å²) < 4.78 is 13.4. The Kier molecular flexibility index (Phi) is 4.20. The summed E-state index contributed by atoms with van der Waals surface area (Å²) in [5.74, 6) is -2.08. The Balaban J connectivity index is 2.26. The minimum atomic E-state index is -1.04. The minimum Gasteiger partial charge on any atom is -0.477 e. The zero-order valence-corrected chi connectivity index (χ0v) is 12.6. The van der Waals surface area contributed by atoms with Gasteiger partial charge < -0.3 is 10.4 Å². The average Bonchev–Trinajstić information content (AvgIpc) is 2.73. The SMILES string of the molecule is Cc1cc(NC(=O)c2cccc(F)c2Br)sc1C(=O)O. The van der Waals surface area contributed by atoms with E-state index in [0.29, 0.717) is 10.6 Å². The van der Waals surface area contributed by atoms with E-state index in [1.807, 2.05) is 0 Å². The van der Waals surface area contributed by atoms with Gasteiger partial charge in [-0.3, -0.25) is 4.79 Å². The molecule has 0 unspecified atom stereocenters. The van der Waals surface area contributed by atoms with Crippen molar-refractivity contribution in [2.24, 2.45) is 0 Å². The molecular formula is C13H9BrFNO3S. The van der Waals surface area contributed by atoms with Crippen molar-refractivity contribution in [1.29, 1.82) is 0 Å². The van der Waals surface area contributed by atoms with Crippen molar-refractivity contribution in [3.8, 4) is 0 Å². The number of aryl methyl sites for hydroxylation is 1. The molecule has 0 atom stereocenters. The van der Waals surface area contributed by atoms with Crippen molar-refractivity contribution in [3.63, 3.8) is 0 Å². The second kappa shape index (κ2) is 5.72. The summed E-state index contributed by atoms with van der Waals surface area (Å²) in [5, 5.41) is 11.9. The fourth-order valence-electron chi connectivity index (χ4n) is 1.61. The van der Waals surface area contributed by atoms with Crippen molar-refractivity contribution < 1.29 is 19.1 Å². The van der Waals surface area contributed by atoms with Gasteiger partial charge in [-0.2, -0.15) is 0 Å². The smallest absolute Gasteiger partial charge is 0.346 e. The maximum absolute atomic E-state index is 13.4. The first-order chi connectivity index (χ1) is 9.40. The standard InChI is InChI=1S/C13H9BrFNO3S/c1-6-5-9(20-11(6)13(18)19)16-12(17)7-3-2-4-8(15)10(7)14/h2-5H,1H3,(H,16,17)(H,18,19). The van der Waals surface area contributed by atoms with Gasteiger partial charge in [0.1, 0.15) is 10.7 Å². The molecule has 0 fully saturated rings. The molecule has 1 amide bonds. The Morgan fingerprint density at radius 1 is 1.40 bits per heavy atom. The molecule has 1 heterocycles. The number of carbonyl (C=O) groups is 2. The van der Waals surface area contributed by atoms with E-state index in [1.165, 1.54) is 18.2 Å². The number of aromatic carboxylic acids is 1. The van der Waals surface area contributed by atoms with Gasteiger partial charge in [-0.1, -0.05) is 6.07 Å². The molecule has 0 aliphatic rings. The van der Waals surface area contributed by atoms with Crippen LogP contribution in [0.2, 0.25) is 0 Å². The highest BCUT2D eigenvalue weighted by Gasteiger charge is 2.17. The normalized spacial score (nSPS) is 10.3. The van der Waals surface area contributed by atoms with Crippen LogP contribution in [0.1, 0.15) is 25.6 Å². The molecule has 1 aromatic heterocycles. The molecule has 2 aromatic rings. The van der Waals surface area contributed by atoms with Crippen LogP contribution in [0.3, 0.4) is 0 Å². The van der Waals surface area contributed by atoms with Crippen LogP contribution in [0.15, 0.2) is 28.7 Å². The molecule has 20 heavy (non-hydrogen) atoms. The molecule has 2 N–H and O–H groups in total. The first kappa shape index (κ1) is 14.7. The molecule has 104 valence electrons. The number of halogens is 2. The number of hydrogen-bond acceptors (Lipinski definition) is 3. The van der Waals surface area contributed by atoms with E-state index >= 15 is 0 Å². The Bertz CT molecular complexity index is 699. The zero-order valence-electron chi connectivity index (χ0n) is 10.2. The first-order valence-electron chi connectivity index (χ1n) is 5.49. The van der Waals surface area contributed by atoms with E-state index < -0.39 is 17.7 Å². The van der Waals surface area contributed by atoms with Crippen molar-refractivity contribution in [2.75, 3.05) is 5.32 Å². The van der Waals surface area contributed by atoms with Crippen molar-refractivity contribution in [3.05, 3.63) is 50.6 Å². The fourth-order valence-corrected chi connectivity index (χ4v) is 2.97. The van der Waals surface area contributed by atoms with E-state index in [1.54, 1.807) is 13.0 Å². The molecule has 0 radical (unpaired) electrons. The van der Waals surface area contributed by atoms with Crippen LogP contribution in [-0.2, 0) is 0 Å². The third-order valence-electron chi connectivity index (χ3n) is 2.54. The largest absolute Gasteiger partial charge is 0.477 e. The fraction of sp³-hybridized carbons (Fsp3) is 0.0769. The van der Waals surface area contributed by atoms with E-state index in [4.69, 9.17) is 5.11 Å². The lowest BCUT2D eigenvalue weighted by atomic mass is 10.2. The molecule has 2 rings (SSSR count). The zero-order chi connectivity index (χ0) is 14.9. The molecule has 7 heteroatoms. The lowest BCUT2D eigenvalue weighted by Crippen LogP contribution is -2.12. The van der Waals surface area contributed by atoms with Gasteiger partial charge in [0.25, 0.3) is 5.91 Å². The number of anilines is 1. The molecule has 0 aliphatic heterocycles. The number of thiophene rings is 1. The number of carboxylic acid groups (broad SMARTS) is 1. The van der Waals surface area contributed by atoms with Crippen LogP contribution >= 0.6 is 27.3 Å². The van der Waals surface area contributed by atoms with Gasteiger partial charge in [0, 0.05) is 0 Å². The summed E-state index contributed by atoms with van der Waals surface area (Å²) in [5.41, 5.74) is 0.712. The Labute approximate surface area is 126 Å². The molecule has 0 spiro atoms. The van der Waals surface area contributed by atoms with Gasteiger partial charge in [0.15, 0.2) is 0 Å². The monoisotopic (exact) mass is 357 g/mol. The maximum Gasteiger partial charge on any atom is 0.346 e. The highest BCUT2D eigenvalue weighted by atomic mass is 79.9. The first-order valence-corrected chi connectivity index (χ1v) is 7.10. The van der Waals surface area contributed by atoms with Crippen molar-refractivity contribution in [2.45, 2.75) is 6.92 Å². The summed E-state index contributed by atoms with van der Waals surface area (Å²) in [7, 11) is 0. The maximum atomic E-state index is 13.4. The number of hydrogen-bond donors (Lipinski definition) is 2. The molecule has 4 nitrogen and oxygen atoms in total. The topological polar surface area (TPSA) is 66.4 Å². The van der Waals surface area contributed by atoms with Gasteiger partial charge in [0.05, 0.1) is 15.0 Å². The van der Waals surface area contributed by atoms with Crippen LogP contribution < -0.4 is 5.32 Å². The van der Waals surface area contributed by atoms with Gasteiger partial charge >= 0.3 is 5.97 Å². The Morgan fingerprint density at radius 3 is 2.70 bits per heavy atom. The van der Waals surface area contributed by atoms with Gasteiger partial charge in [0.2, 0.25) is 0 Å². The third-order valence-corrected chi connectivity index (χ3v) is 4.49. The lowest BCUT2D eigenvalue weighted by Gasteiger charge is -2.05. The van der Waals surface area contributed by atoms with Crippen LogP contribution in [0, 0.1) is 12.7 Å². The van der Waals surface area contributed by atoms with Crippen LogP contribution in [0.25, 0.3) is 0 Å². The Hall–Kier alpha value is -1.73. The second-order valence-electron chi connectivity index (χ2n) is 3.98. The van der Waals surface area contributed by atoms with Gasteiger partial charge in [-0.25, -0.2) is 9.18 Å². The van der Waals surface area contributed by atoms with Gasteiger partial charge in [-0.05, 0) is 46.6 Å². The number of benzene rings is 1. The number of carbonyl (C=O) groups excluding carboxylic acids is 1. The predicted octanol–water partition coefficient (Wildman–Crippen LogP) is 3.91. The Morgan fingerprint density at radius 2 is 2.10 bits per heavy atom. The summed E-state index contributed by atoms with van der Waals surface area (Å²) >= 11 is 3.97. The number of rotatable bonds is 3. The number of amides is 1. The highest BCUT2D eigenvalue weighted by molar-refractivity contribution is 9.10. The molecule has 0 saturated carbocycles. The van der Waals surface area contributed by atoms with E-state index in [9.17, 15) is 14.0 Å². The summed E-state index contributed by atoms with van der Waals surface area (Å²) in [6.45, 7) is 1.65. The summed E-state index contributed by atoms with van der Waals surface area (Å²) in [6, 6.07) is 5.70. The average molecular weight is 358 g/mol. The van der Waals surface area contributed by atoms with Crippen LogP contribution in [0.5, 0.6) is 0 Å². The molecule has 0 aliphatic carbocycles. The third kappa shape index (κ3) is 2.88. The molecule has 1 aromatic carbocycles.